The maximum Gasteiger partial charge on any atom is 0.0618 e. The Hall–Kier alpha value is -7.68. The number of nitrogens with zero attached hydrogens (tertiary/aromatic N) is 2. The summed E-state index contributed by atoms with van der Waals surface area (Å²) in [6.07, 6.45) is 0. The van der Waals surface area contributed by atoms with Gasteiger partial charge in [-0.3, -0.25) is 0 Å². The third kappa shape index (κ3) is 6.36. The number of rotatable bonds is 7. The zero-order valence-corrected chi connectivity index (χ0v) is 34.3. The van der Waals surface area contributed by atoms with Crippen molar-refractivity contribution < 1.29 is 0 Å². The lowest BCUT2D eigenvalue weighted by Crippen LogP contribution is -2.31. The summed E-state index contributed by atoms with van der Waals surface area (Å²) in [5.41, 5.74) is 16.5. The quantitative estimate of drug-likeness (QED) is 0.159. The third-order valence-corrected chi connectivity index (χ3v) is 12.6. The molecule has 2 nitrogen and oxygen atoms in total. The maximum atomic E-state index is 2.54. The monoisotopic (exact) mass is 780 g/mol. The molecule has 10 aromatic carbocycles. The van der Waals surface area contributed by atoms with E-state index in [0.29, 0.717) is 0 Å². The molecule has 0 radical (unpaired) electrons. The molecule has 1 aliphatic rings. The summed E-state index contributed by atoms with van der Waals surface area (Å²) in [6, 6.07) is 84.1. The van der Waals surface area contributed by atoms with E-state index in [9.17, 15) is 0 Å². The highest BCUT2D eigenvalue weighted by Gasteiger charge is 2.38. The zero-order chi connectivity index (χ0) is 40.9. The third-order valence-electron chi connectivity index (χ3n) is 12.6. The highest BCUT2D eigenvalue weighted by molar-refractivity contribution is 6.08. The molecule has 290 valence electrons. The summed E-state index contributed by atoms with van der Waals surface area (Å²) in [7, 11) is 0. The average molecular weight is 781 g/mol. The van der Waals surface area contributed by atoms with Gasteiger partial charge in [-0.25, -0.2) is 0 Å². The van der Waals surface area contributed by atoms with E-state index in [1.54, 1.807) is 0 Å². The molecule has 11 rings (SSSR count). The molecular weight excluding hydrogens is 737 g/mol. The van der Waals surface area contributed by atoms with E-state index in [0.717, 1.165) is 17.1 Å². The van der Waals surface area contributed by atoms with Crippen LogP contribution in [0.15, 0.2) is 231 Å². The molecule has 0 saturated heterocycles. The van der Waals surface area contributed by atoms with E-state index in [2.05, 4.69) is 254 Å². The molecule has 0 N–H and O–H groups in total. The van der Waals surface area contributed by atoms with Gasteiger partial charge in [0.2, 0.25) is 0 Å². The van der Waals surface area contributed by atoms with Crippen molar-refractivity contribution in [2.75, 3.05) is 9.80 Å². The van der Waals surface area contributed by atoms with E-state index in [1.807, 2.05) is 0 Å². The van der Waals surface area contributed by atoms with Crippen LogP contribution in [0.3, 0.4) is 0 Å². The smallest absolute Gasteiger partial charge is 0.0618 e. The normalized spacial score (nSPS) is 12.9. The molecule has 0 bridgehead atoms. The summed E-state index contributed by atoms with van der Waals surface area (Å²) in [5.74, 6) is 0. The fourth-order valence-electron chi connectivity index (χ4n) is 9.47. The Morgan fingerprint density at radius 1 is 0.344 bits per heavy atom. The molecule has 0 atom stereocenters. The van der Waals surface area contributed by atoms with Gasteiger partial charge in [0, 0.05) is 33.4 Å². The first-order valence-corrected chi connectivity index (χ1v) is 21.2. The topological polar surface area (TPSA) is 6.48 Å². The van der Waals surface area contributed by atoms with Crippen LogP contribution in [0.5, 0.6) is 0 Å². The van der Waals surface area contributed by atoms with Gasteiger partial charge in [-0.1, -0.05) is 184 Å². The largest absolute Gasteiger partial charge is 0.311 e. The SMILES string of the molecule is CC1(C)c2ccccc2N(c2c(-c3ccc4ccccc4c3)ccc3ccccc23)c2ccc(-c3ccc(N(c4ccccc4)c4ccc(-c5ccccc5)cc4)cc3)cc21. The Balaban J connectivity index is 1.03. The van der Waals surface area contributed by atoms with Gasteiger partial charge in [0.15, 0.2) is 0 Å². The van der Waals surface area contributed by atoms with Crippen molar-refractivity contribution in [3.63, 3.8) is 0 Å². The summed E-state index contributed by atoms with van der Waals surface area (Å²) in [4.78, 5) is 4.87. The van der Waals surface area contributed by atoms with Crippen molar-refractivity contribution in [2.45, 2.75) is 19.3 Å². The zero-order valence-electron chi connectivity index (χ0n) is 34.3. The van der Waals surface area contributed by atoms with Gasteiger partial charge < -0.3 is 9.80 Å². The second-order valence-corrected chi connectivity index (χ2v) is 16.6. The average Bonchev–Trinajstić information content (AvgIpc) is 3.32. The Morgan fingerprint density at radius 3 is 1.59 bits per heavy atom. The van der Waals surface area contributed by atoms with Crippen LogP contribution in [-0.4, -0.2) is 0 Å². The van der Waals surface area contributed by atoms with Gasteiger partial charge in [-0.2, -0.15) is 0 Å². The number of fused-ring (bicyclic) bond motifs is 4. The summed E-state index contributed by atoms with van der Waals surface area (Å²) in [5, 5.41) is 4.93. The Kier molecular flexibility index (Phi) is 8.86. The Labute approximate surface area is 358 Å². The second-order valence-electron chi connectivity index (χ2n) is 16.6. The fourth-order valence-corrected chi connectivity index (χ4v) is 9.47. The minimum atomic E-state index is -0.248. The molecule has 61 heavy (non-hydrogen) atoms. The van der Waals surface area contributed by atoms with Crippen LogP contribution in [-0.2, 0) is 5.41 Å². The van der Waals surface area contributed by atoms with Gasteiger partial charge in [0.25, 0.3) is 0 Å². The van der Waals surface area contributed by atoms with E-state index in [4.69, 9.17) is 0 Å². The first-order valence-electron chi connectivity index (χ1n) is 21.2. The summed E-state index contributed by atoms with van der Waals surface area (Å²) >= 11 is 0. The predicted octanol–water partition coefficient (Wildman–Crippen LogP) is 16.6. The predicted molar refractivity (Wildman–Crippen MR) is 259 cm³/mol. The number of hydrogen-bond donors (Lipinski definition) is 0. The van der Waals surface area contributed by atoms with Crippen LogP contribution in [0.2, 0.25) is 0 Å². The van der Waals surface area contributed by atoms with Crippen molar-refractivity contribution in [1.29, 1.82) is 0 Å². The molecule has 0 amide bonds. The van der Waals surface area contributed by atoms with Crippen molar-refractivity contribution in [2.24, 2.45) is 0 Å². The number of para-hydroxylation sites is 2. The highest BCUT2D eigenvalue weighted by atomic mass is 15.2. The number of anilines is 6. The van der Waals surface area contributed by atoms with Crippen LogP contribution in [0.1, 0.15) is 25.0 Å². The first kappa shape index (κ1) is 36.4. The molecule has 1 heterocycles. The lowest BCUT2D eigenvalue weighted by Gasteiger charge is -2.43. The lowest BCUT2D eigenvalue weighted by molar-refractivity contribution is 0.632. The van der Waals surface area contributed by atoms with Crippen molar-refractivity contribution in [3.05, 3.63) is 242 Å². The molecule has 0 aliphatic carbocycles. The van der Waals surface area contributed by atoms with Crippen molar-refractivity contribution in [3.8, 4) is 33.4 Å². The number of benzene rings is 10. The van der Waals surface area contributed by atoms with Crippen LogP contribution < -0.4 is 9.80 Å². The molecule has 0 aromatic heterocycles. The van der Waals surface area contributed by atoms with Crippen molar-refractivity contribution >= 4 is 55.7 Å². The standard InChI is InChI=1S/C59H44N2/c1-59(2)54-23-13-14-24-56(54)61(58-52-22-12-11-18-45(52)31-37-53(58)48-26-25-42-17-9-10-19-46(42)39-48)57-38-32-47(40-55(57)59)44-29-35-51(36-30-44)60(49-20-7-4-8-21-49)50-33-27-43(28-34-50)41-15-5-3-6-16-41/h3-40H,1-2H3. The van der Waals surface area contributed by atoms with Crippen LogP contribution >= 0.6 is 0 Å². The van der Waals surface area contributed by atoms with Gasteiger partial charge >= 0.3 is 0 Å². The Morgan fingerprint density at radius 2 is 0.852 bits per heavy atom. The van der Waals surface area contributed by atoms with Crippen LogP contribution in [0.4, 0.5) is 34.1 Å². The van der Waals surface area contributed by atoms with E-state index < -0.39 is 0 Å². The molecule has 2 heteroatoms. The maximum absolute atomic E-state index is 2.54. The minimum Gasteiger partial charge on any atom is -0.311 e. The van der Waals surface area contributed by atoms with Crippen LogP contribution in [0.25, 0.3) is 54.9 Å². The number of hydrogen-bond acceptors (Lipinski definition) is 2. The molecule has 0 fully saturated rings. The molecule has 0 saturated carbocycles. The first-order chi connectivity index (χ1) is 30.0. The second kappa shape index (κ2) is 14.9. The molecule has 0 spiro atoms. The van der Waals surface area contributed by atoms with Gasteiger partial charge in [0.05, 0.1) is 17.1 Å². The molecule has 0 unspecified atom stereocenters. The van der Waals surface area contributed by atoms with E-state index in [-0.39, 0.29) is 5.41 Å². The van der Waals surface area contributed by atoms with E-state index >= 15 is 0 Å². The van der Waals surface area contributed by atoms with Gasteiger partial charge in [0.1, 0.15) is 0 Å². The lowest BCUT2D eigenvalue weighted by atomic mass is 9.72. The minimum absolute atomic E-state index is 0.248. The molecular formula is C59H44N2. The molecule has 10 aromatic rings. The highest BCUT2D eigenvalue weighted by Crippen LogP contribution is 2.55. The summed E-state index contributed by atoms with van der Waals surface area (Å²) < 4.78 is 0. The van der Waals surface area contributed by atoms with Crippen molar-refractivity contribution in [1.82, 2.24) is 0 Å². The molecule has 1 aliphatic heterocycles. The van der Waals surface area contributed by atoms with Gasteiger partial charge in [-0.05, 0) is 116 Å². The summed E-state index contributed by atoms with van der Waals surface area (Å²) in [6.45, 7) is 4.76. The van der Waals surface area contributed by atoms with Gasteiger partial charge in [-0.15, -0.1) is 0 Å². The van der Waals surface area contributed by atoms with E-state index in [1.165, 1.54) is 83.1 Å². The fraction of sp³-hybridized carbons (Fsp3) is 0.0508. The van der Waals surface area contributed by atoms with Crippen LogP contribution in [0, 0.1) is 0 Å². The Bertz CT molecular complexity index is 3200.